The summed E-state index contributed by atoms with van der Waals surface area (Å²) in [6, 6.07) is 1.01. The van der Waals surface area contributed by atoms with Gasteiger partial charge in [0.05, 0.1) is 0 Å². The minimum absolute atomic E-state index is 0.449. The van der Waals surface area contributed by atoms with Gasteiger partial charge in [0.1, 0.15) is 0 Å². The Morgan fingerprint density at radius 1 is 1.20 bits per heavy atom. The third-order valence-electron chi connectivity index (χ3n) is 6.24. The molecule has 0 aromatic heterocycles. The molecule has 2 bridgehead atoms. The smallest absolute Gasteiger partial charge is 0.0386 e. The standard InChI is InChI=1S/C16H32N4/c1-19-6-3-7-20(2)16(11-19)15(18-17)10-14-9-12-4-5-13(14)8-12/h12-16,18H,3-11,17H2,1-2H3. The molecular formula is C16H32N4. The maximum Gasteiger partial charge on any atom is 0.0386 e. The van der Waals surface area contributed by atoms with Crippen LogP contribution < -0.4 is 11.3 Å². The monoisotopic (exact) mass is 280 g/mol. The van der Waals surface area contributed by atoms with E-state index in [4.69, 9.17) is 5.84 Å². The minimum Gasteiger partial charge on any atom is -0.305 e. The van der Waals surface area contributed by atoms with Gasteiger partial charge in [0.15, 0.2) is 0 Å². The molecule has 1 aliphatic heterocycles. The number of nitrogens with two attached hydrogens (primary N) is 1. The second-order valence-corrected chi connectivity index (χ2v) is 7.61. The average Bonchev–Trinajstić information content (AvgIpc) is 3.00. The summed E-state index contributed by atoms with van der Waals surface area (Å²) in [7, 11) is 4.52. The number of hydrazine groups is 1. The fourth-order valence-electron chi connectivity index (χ4n) is 5.07. The van der Waals surface area contributed by atoms with Crippen LogP contribution in [0.15, 0.2) is 0 Å². The Bertz CT molecular complexity index is 322. The number of likely N-dealkylation sites (N-methyl/N-ethyl adjacent to an activating group) is 2. The minimum atomic E-state index is 0.449. The first-order valence-corrected chi connectivity index (χ1v) is 8.52. The number of rotatable bonds is 4. The summed E-state index contributed by atoms with van der Waals surface area (Å²) < 4.78 is 0. The molecule has 1 heterocycles. The van der Waals surface area contributed by atoms with Gasteiger partial charge in [0, 0.05) is 18.6 Å². The van der Waals surface area contributed by atoms with E-state index in [-0.39, 0.29) is 0 Å². The second kappa shape index (κ2) is 6.30. The highest BCUT2D eigenvalue weighted by Crippen LogP contribution is 2.50. The molecule has 0 spiro atoms. The van der Waals surface area contributed by atoms with Crippen molar-refractivity contribution < 1.29 is 0 Å². The summed E-state index contributed by atoms with van der Waals surface area (Å²) in [5.41, 5.74) is 3.17. The molecule has 116 valence electrons. The van der Waals surface area contributed by atoms with Crippen molar-refractivity contribution in [3.05, 3.63) is 0 Å². The van der Waals surface area contributed by atoms with Gasteiger partial charge in [-0.05, 0) is 77.0 Å². The number of hydrogen-bond donors (Lipinski definition) is 2. The van der Waals surface area contributed by atoms with Crippen molar-refractivity contribution in [2.45, 2.75) is 50.6 Å². The number of hydrogen-bond acceptors (Lipinski definition) is 4. The Morgan fingerprint density at radius 3 is 2.70 bits per heavy atom. The first-order chi connectivity index (χ1) is 9.67. The topological polar surface area (TPSA) is 44.5 Å². The number of nitrogens with one attached hydrogen (secondary N) is 1. The van der Waals surface area contributed by atoms with Gasteiger partial charge in [-0.2, -0.15) is 0 Å². The normalized spacial score (nSPS) is 41.0. The summed E-state index contributed by atoms with van der Waals surface area (Å²) in [5, 5.41) is 0. The lowest BCUT2D eigenvalue weighted by atomic mass is 9.82. The SMILES string of the molecule is CN1CCCN(C)C(C(CC2CC3CCC2C3)NN)C1. The molecule has 5 atom stereocenters. The number of nitrogens with zero attached hydrogens (tertiary/aromatic N) is 2. The summed E-state index contributed by atoms with van der Waals surface area (Å²) >= 11 is 0. The molecule has 2 aliphatic carbocycles. The molecule has 3 fully saturated rings. The summed E-state index contributed by atoms with van der Waals surface area (Å²) in [6.07, 6.45) is 8.49. The maximum absolute atomic E-state index is 5.94. The van der Waals surface area contributed by atoms with Crippen molar-refractivity contribution in [3.8, 4) is 0 Å². The van der Waals surface area contributed by atoms with Gasteiger partial charge >= 0.3 is 0 Å². The maximum atomic E-state index is 5.94. The summed E-state index contributed by atoms with van der Waals surface area (Å²) in [6.45, 7) is 3.56. The molecule has 4 nitrogen and oxygen atoms in total. The van der Waals surface area contributed by atoms with Gasteiger partial charge in [0.2, 0.25) is 0 Å². The van der Waals surface area contributed by atoms with E-state index in [1.165, 1.54) is 51.6 Å². The van der Waals surface area contributed by atoms with Crippen molar-refractivity contribution in [3.63, 3.8) is 0 Å². The molecule has 3 N–H and O–H groups in total. The molecule has 20 heavy (non-hydrogen) atoms. The molecule has 5 unspecified atom stereocenters. The quantitative estimate of drug-likeness (QED) is 0.601. The molecule has 0 aromatic rings. The van der Waals surface area contributed by atoms with Gasteiger partial charge in [-0.25, -0.2) is 0 Å². The Labute approximate surface area is 124 Å². The summed E-state index contributed by atoms with van der Waals surface area (Å²) in [5.74, 6) is 8.91. The Hall–Kier alpha value is -0.160. The van der Waals surface area contributed by atoms with Crippen LogP contribution in [0.4, 0.5) is 0 Å². The predicted octanol–water partition coefficient (Wildman–Crippen LogP) is 1.28. The van der Waals surface area contributed by atoms with E-state index in [1.807, 2.05) is 0 Å². The van der Waals surface area contributed by atoms with Crippen molar-refractivity contribution >= 4 is 0 Å². The highest BCUT2D eigenvalue weighted by molar-refractivity contribution is 4.95. The van der Waals surface area contributed by atoms with Gasteiger partial charge in [-0.3, -0.25) is 11.3 Å². The van der Waals surface area contributed by atoms with Crippen molar-refractivity contribution in [2.75, 3.05) is 33.7 Å². The molecule has 3 rings (SSSR count). The first kappa shape index (κ1) is 14.8. The predicted molar refractivity (Wildman–Crippen MR) is 83.2 cm³/mol. The van der Waals surface area contributed by atoms with E-state index in [0.717, 1.165) is 24.3 Å². The largest absolute Gasteiger partial charge is 0.305 e. The molecule has 0 amide bonds. The molecule has 0 radical (unpaired) electrons. The Balaban J connectivity index is 1.62. The first-order valence-electron chi connectivity index (χ1n) is 8.52. The van der Waals surface area contributed by atoms with E-state index in [0.29, 0.717) is 12.1 Å². The van der Waals surface area contributed by atoms with Crippen LogP contribution in [-0.4, -0.2) is 55.6 Å². The zero-order valence-electron chi connectivity index (χ0n) is 13.2. The third kappa shape index (κ3) is 3.03. The van der Waals surface area contributed by atoms with Gasteiger partial charge in [0.25, 0.3) is 0 Å². The zero-order chi connectivity index (χ0) is 14.1. The average molecular weight is 280 g/mol. The molecule has 2 saturated carbocycles. The van der Waals surface area contributed by atoms with Crippen molar-refractivity contribution in [1.82, 2.24) is 15.2 Å². The lowest BCUT2D eigenvalue weighted by Gasteiger charge is -2.36. The molecular weight excluding hydrogens is 248 g/mol. The zero-order valence-corrected chi connectivity index (χ0v) is 13.2. The van der Waals surface area contributed by atoms with E-state index >= 15 is 0 Å². The van der Waals surface area contributed by atoms with Crippen LogP contribution >= 0.6 is 0 Å². The van der Waals surface area contributed by atoms with Gasteiger partial charge in [-0.1, -0.05) is 6.42 Å². The molecule has 4 heteroatoms. The van der Waals surface area contributed by atoms with Gasteiger partial charge < -0.3 is 9.80 Å². The van der Waals surface area contributed by atoms with Crippen molar-refractivity contribution in [1.29, 1.82) is 0 Å². The van der Waals surface area contributed by atoms with E-state index < -0.39 is 0 Å². The van der Waals surface area contributed by atoms with E-state index in [9.17, 15) is 0 Å². The van der Waals surface area contributed by atoms with Gasteiger partial charge in [-0.15, -0.1) is 0 Å². The van der Waals surface area contributed by atoms with E-state index in [1.54, 1.807) is 0 Å². The fourth-order valence-corrected chi connectivity index (χ4v) is 5.07. The molecule has 3 aliphatic rings. The van der Waals surface area contributed by atoms with Crippen LogP contribution in [0.2, 0.25) is 0 Å². The van der Waals surface area contributed by atoms with E-state index in [2.05, 4.69) is 29.3 Å². The van der Waals surface area contributed by atoms with Crippen LogP contribution in [0.5, 0.6) is 0 Å². The van der Waals surface area contributed by atoms with Crippen LogP contribution in [0.1, 0.15) is 38.5 Å². The molecule has 0 aromatic carbocycles. The lowest BCUT2D eigenvalue weighted by Crippen LogP contribution is -2.55. The number of fused-ring (bicyclic) bond motifs is 2. The highest BCUT2D eigenvalue weighted by atomic mass is 15.3. The summed E-state index contributed by atoms with van der Waals surface area (Å²) in [4.78, 5) is 5.00. The second-order valence-electron chi connectivity index (χ2n) is 7.61. The van der Waals surface area contributed by atoms with Crippen molar-refractivity contribution in [2.24, 2.45) is 23.6 Å². The lowest BCUT2D eigenvalue weighted by molar-refractivity contribution is 0.150. The fraction of sp³-hybridized carbons (Fsp3) is 1.00. The molecule has 1 saturated heterocycles. The van der Waals surface area contributed by atoms with Crippen LogP contribution in [-0.2, 0) is 0 Å². The Kier molecular flexibility index (Phi) is 4.65. The van der Waals surface area contributed by atoms with Crippen LogP contribution in [0.3, 0.4) is 0 Å². The highest BCUT2D eigenvalue weighted by Gasteiger charge is 2.41. The van der Waals surface area contributed by atoms with Crippen LogP contribution in [0.25, 0.3) is 0 Å². The van der Waals surface area contributed by atoms with Crippen LogP contribution in [0, 0.1) is 17.8 Å². The third-order valence-corrected chi connectivity index (χ3v) is 6.24. The Morgan fingerprint density at radius 2 is 2.05 bits per heavy atom.